The number of fused-ring (bicyclic) bond motifs is 1. The topological polar surface area (TPSA) is 65.1 Å². The highest BCUT2D eigenvalue weighted by Gasteiger charge is 2.45. The van der Waals surface area contributed by atoms with E-state index in [1.54, 1.807) is 4.90 Å². The van der Waals surface area contributed by atoms with Crippen LogP contribution < -0.4 is 9.47 Å². The number of piperidine rings is 1. The highest BCUT2D eigenvalue weighted by molar-refractivity contribution is 7.12. The molecule has 1 fully saturated rings. The Morgan fingerprint density at radius 1 is 1.23 bits per heavy atom. The average Bonchev–Trinajstić information content (AvgIpc) is 3.19. The van der Waals surface area contributed by atoms with Gasteiger partial charge in [-0.25, -0.2) is 0 Å². The van der Waals surface area contributed by atoms with Gasteiger partial charge in [-0.2, -0.15) is 0 Å². The fourth-order valence-electron chi connectivity index (χ4n) is 4.30. The van der Waals surface area contributed by atoms with Crippen LogP contribution >= 0.6 is 11.3 Å². The smallest absolute Gasteiger partial charge is 0.314 e. The van der Waals surface area contributed by atoms with Crippen molar-refractivity contribution in [3.8, 4) is 11.5 Å². The third-order valence-electron chi connectivity index (χ3n) is 5.86. The quantitative estimate of drug-likeness (QED) is 0.676. The monoisotopic (exact) mass is 429 g/mol. The molecule has 6 nitrogen and oxygen atoms in total. The van der Waals surface area contributed by atoms with Crippen LogP contribution in [0.2, 0.25) is 0 Å². The van der Waals surface area contributed by atoms with Crippen molar-refractivity contribution >= 4 is 23.2 Å². The van der Waals surface area contributed by atoms with E-state index in [0.717, 1.165) is 17.5 Å². The predicted molar refractivity (Wildman–Crippen MR) is 114 cm³/mol. The molecule has 0 saturated carbocycles. The van der Waals surface area contributed by atoms with Crippen LogP contribution in [0.1, 0.15) is 40.6 Å². The molecule has 3 heterocycles. The van der Waals surface area contributed by atoms with Crippen LogP contribution in [0, 0.1) is 12.3 Å². The molecular weight excluding hydrogens is 402 g/mol. The van der Waals surface area contributed by atoms with Crippen molar-refractivity contribution in [2.45, 2.75) is 33.1 Å². The molecule has 1 amide bonds. The molecule has 1 saturated heterocycles. The minimum Gasteiger partial charge on any atom is -0.485 e. The van der Waals surface area contributed by atoms with Crippen molar-refractivity contribution in [2.24, 2.45) is 5.41 Å². The Morgan fingerprint density at radius 2 is 2.03 bits per heavy atom. The van der Waals surface area contributed by atoms with E-state index in [-0.39, 0.29) is 11.9 Å². The van der Waals surface area contributed by atoms with Crippen LogP contribution in [0.25, 0.3) is 0 Å². The van der Waals surface area contributed by atoms with Gasteiger partial charge >= 0.3 is 5.97 Å². The molecule has 0 N–H and O–H groups in total. The number of hydrogen-bond donors (Lipinski definition) is 0. The zero-order chi connectivity index (χ0) is 21.1. The van der Waals surface area contributed by atoms with Gasteiger partial charge in [0.15, 0.2) is 11.5 Å². The second-order valence-corrected chi connectivity index (χ2v) is 8.77. The van der Waals surface area contributed by atoms with Gasteiger partial charge in [0.25, 0.3) is 5.91 Å². The Bertz CT molecular complexity index is 939. The maximum absolute atomic E-state index is 13.4. The SMILES string of the molecule is CCOC(=O)[C@@]1(Cc2ccccc2C)CCCN(C(=O)c2scc3c2OCCO3)C1. The summed E-state index contributed by atoms with van der Waals surface area (Å²) in [6.45, 7) is 6.07. The molecule has 0 aliphatic carbocycles. The van der Waals surface area contributed by atoms with Crippen LogP contribution in [-0.4, -0.2) is 49.7 Å². The van der Waals surface area contributed by atoms with E-state index < -0.39 is 5.41 Å². The van der Waals surface area contributed by atoms with Crippen molar-refractivity contribution in [3.05, 3.63) is 45.6 Å². The zero-order valence-corrected chi connectivity index (χ0v) is 18.3. The molecule has 1 aromatic carbocycles. The number of benzene rings is 1. The zero-order valence-electron chi connectivity index (χ0n) is 17.4. The molecule has 2 aromatic rings. The molecule has 7 heteroatoms. The van der Waals surface area contributed by atoms with Crippen LogP contribution in [0.4, 0.5) is 0 Å². The number of aryl methyl sites for hydroxylation is 1. The van der Waals surface area contributed by atoms with E-state index in [0.29, 0.717) is 62.1 Å². The van der Waals surface area contributed by atoms with Gasteiger partial charge in [-0.1, -0.05) is 24.3 Å². The summed E-state index contributed by atoms with van der Waals surface area (Å²) in [5, 5.41) is 1.82. The molecule has 160 valence electrons. The number of carbonyl (C=O) groups is 2. The number of hydrogen-bond acceptors (Lipinski definition) is 6. The first-order valence-corrected chi connectivity index (χ1v) is 11.3. The summed E-state index contributed by atoms with van der Waals surface area (Å²) in [5.74, 6) is 0.828. The maximum Gasteiger partial charge on any atom is 0.314 e. The lowest BCUT2D eigenvalue weighted by Crippen LogP contribution is -2.51. The molecular formula is C23H27NO5S. The fraction of sp³-hybridized carbons (Fsp3) is 0.478. The number of carbonyl (C=O) groups excluding carboxylic acids is 2. The number of amides is 1. The van der Waals surface area contributed by atoms with Gasteiger partial charge in [0.2, 0.25) is 0 Å². The molecule has 2 aliphatic heterocycles. The Kier molecular flexibility index (Phi) is 5.99. The summed E-state index contributed by atoms with van der Waals surface area (Å²) in [7, 11) is 0. The molecule has 0 bridgehead atoms. The summed E-state index contributed by atoms with van der Waals surface area (Å²) in [4.78, 5) is 28.8. The first-order chi connectivity index (χ1) is 14.5. The lowest BCUT2D eigenvalue weighted by Gasteiger charge is -2.41. The van der Waals surface area contributed by atoms with Gasteiger partial charge < -0.3 is 19.1 Å². The molecule has 1 atom stereocenters. The Balaban J connectivity index is 1.62. The van der Waals surface area contributed by atoms with Gasteiger partial charge in [-0.3, -0.25) is 9.59 Å². The predicted octanol–water partition coefficient (Wildman–Crippen LogP) is 3.86. The van der Waals surface area contributed by atoms with Crippen molar-refractivity contribution in [1.82, 2.24) is 4.90 Å². The number of ether oxygens (including phenoxy) is 3. The molecule has 2 aliphatic rings. The third kappa shape index (κ3) is 3.90. The van der Waals surface area contributed by atoms with E-state index in [1.807, 2.05) is 24.4 Å². The summed E-state index contributed by atoms with van der Waals surface area (Å²) < 4.78 is 16.8. The number of likely N-dealkylation sites (tertiary alicyclic amines) is 1. The van der Waals surface area contributed by atoms with Gasteiger partial charge in [-0.15, -0.1) is 11.3 Å². The van der Waals surface area contributed by atoms with Gasteiger partial charge in [0, 0.05) is 18.5 Å². The van der Waals surface area contributed by atoms with Crippen LogP contribution in [0.5, 0.6) is 11.5 Å². The lowest BCUT2D eigenvalue weighted by atomic mass is 9.74. The largest absolute Gasteiger partial charge is 0.485 e. The first kappa shape index (κ1) is 20.7. The highest BCUT2D eigenvalue weighted by atomic mass is 32.1. The summed E-state index contributed by atoms with van der Waals surface area (Å²) in [6.07, 6.45) is 2.01. The minimum absolute atomic E-state index is 0.107. The first-order valence-electron chi connectivity index (χ1n) is 10.4. The summed E-state index contributed by atoms with van der Waals surface area (Å²) in [6, 6.07) is 8.09. The fourth-order valence-corrected chi connectivity index (χ4v) is 5.20. The van der Waals surface area contributed by atoms with Crippen molar-refractivity contribution in [3.63, 3.8) is 0 Å². The van der Waals surface area contributed by atoms with E-state index in [9.17, 15) is 9.59 Å². The van der Waals surface area contributed by atoms with Crippen molar-refractivity contribution in [1.29, 1.82) is 0 Å². The van der Waals surface area contributed by atoms with E-state index in [2.05, 4.69) is 19.1 Å². The maximum atomic E-state index is 13.4. The Morgan fingerprint density at radius 3 is 2.83 bits per heavy atom. The number of thiophene rings is 1. The number of esters is 1. The molecule has 30 heavy (non-hydrogen) atoms. The normalized spacial score (nSPS) is 20.7. The highest BCUT2D eigenvalue weighted by Crippen LogP contribution is 2.42. The Hall–Kier alpha value is -2.54. The average molecular weight is 430 g/mol. The molecule has 0 radical (unpaired) electrons. The minimum atomic E-state index is -0.745. The van der Waals surface area contributed by atoms with Crippen molar-refractivity contribution in [2.75, 3.05) is 32.9 Å². The van der Waals surface area contributed by atoms with Crippen LogP contribution in [0.3, 0.4) is 0 Å². The summed E-state index contributed by atoms with van der Waals surface area (Å²) in [5.41, 5.74) is 1.51. The van der Waals surface area contributed by atoms with Crippen LogP contribution in [-0.2, 0) is 16.0 Å². The second kappa shape index (κ2) is 8.68. The van der Waals surface area contributed by atoms with Gasteiger partial charge in [0.05, 0.1) is 12.0 Å². The van der Waals surface area contributed by atoms with E-state index >= 15 is 0 Å². The summed E-state index contributed by atoms with van der Waals surface area (Å²) >= 11 is 1.33. The molecule has 4 rings (SSSR count). The van der Waals surface area contributed by atoms with Gasteiger partial charge in [0.1, 0.15) is 18.1 Å². The molecule has 1 aromatic heterocycles. The Labute approximate surface area is 180 Å². The van der Waals surface area contributed by atoms with Crippen LogP contribution in [0.15, 0.2) is 29.6 Å². The molecule has 0 unspecified atom stereocenters. The number of nitrogens with zero attached hydrogens (tertiary/aromatic N) is 1. The second-order valence-electron chi connectivity index (χ2n) is 7.89. The lowest BCUT2D eigenvalue weighted by molar-refractivity contribution is -0.158. The van der Waals surface area contributed by atoms with E-state index in [1.165, 1.54) is 11.3 Å². The van der Waals surface area contributed by atoms with Gasteiger partial charge in [-0.05, 0) is 44.2 Å². The third-order valence-corrected chi connectivity index (χ3v) is 6.79. The number of rotatable bonds is 5. The van der Waals surface area contributed by atoms with E-state index in [4.69, 9.17) is 14.2 Å². The standard InChI is InChI=1S/C23H27NO5S/c1-3-27-22(26)23(13-17-8-5-4-7-16(17)2)9-6-10-24(15-23)21(25)20-19-18(14-30-20)28-11-12-29-19/h4-5,7-8,14H,3,6,9-13,15H2,1-2H3/t23-/m1/s1. The molecule has 0 spiro atoms. The van der Waals surface area contributed by atoms with Crippen molar-refractivity contribution < 1.29 is 23.8 Å².